The SMILES string of the molecule is CCC(C)NC(=O)C(=O)Nc1ccccc1Cl. The van der Waals surface area contributed by atoms with Crippen molar-refractivity contribution in [1.82, 2.24) is 5.32 Å². The molecule has 5 heteroatoms. The number of hydrogen-bond donors (Lipinski definition) is 2. The van der Waals surface area contributed by atoms with E-state index in [9.17, 15) is 9.59 Å². The fourth-order valence-corrected chi connectivity index (χ4v) is 1.32. The minimum atomic E-state index is -0.710. The zero-order valence-corrected chi connectivity index (χ0v) is 10.5. The van der Waals surface area contributed by atoms with Gasteiger partial charge < -0.3 is 10.6 Å². The predicted molar refractivity (Wildman–Crippen MR) is 68.0 cm³/mol. The van der Waals surface area contributed by atoms with Gasteiger partial charge >= 0.3 is 11.8 Å². The Balaban J connectivity index is 2.61. The topological polar surface area (TPSA) is 58.2 Å². The number of carbonyl (C=O) groups excluding carboxylic acids is 2. The van der Waals surface area contributed by atoms with E-state index in [1.807, 2.05) is 13.8 Å². The van der Waals surface area contributed by atoms with Crippen LogP contribution >= 0.6 is 11.6 Å². The molecule has 0 aliphatic heterocycles. The molecular formula is C12H15ClN2O2. The molecule has 4 nitrogen and oxygen atoms in total. The van der Waals surface area contributed by atoms with Gasteiger partial charge in [-0.3, -0.25) is 9.59 Å². The molecule has 0 aliphatic rings. The lowest BCUT2D eigenvalue weighted by Gasteiger charge is -2.11. The standard InChI is InChI=1S/C12H15ClN2O2/c1-3-8(2)14-11(16)12(17)15-10-7-5-4-6-9(10)13/h4-8H,3H2,1-2H3,(H,14,16)(H,15,17). The molecule has 1 atom stereocenters. The van der Waals surface area contributed by atoms with E-state index in [1.54, 1.807) is 24.3 Å². The number of rotatable bonds is 3. The Labute approximate surface area is 105 Å². The Kier molecular flexibility index (Phi) is 4.97. The second-order valence-corrected chi connectivity index (χ2v) is 4.12. The quantitative estimate of drug-likeness (QED) is 0.813. The highest BCUT2D eigenvalue weighted by molar-refractivity contribution is 6.41. The lowest BCUT2D eigenvalue weighted by atomic mass is 10.2. The number of benzene rings is 1. The Morgan fingerprint density at radius 3 is 2.53 bits per heavy atom. The third kappa shape index (κ3) is 4.07. The van der Waals surface area contributed by atoms with E-state index in [1.165, 1.54) is 0 Å². The largest absolute Gasteiger partial charge is 0.345 e. The molecule has 0 saturated carbocycles. The first-order chi connectivity index (χ1) is 8.04. The summed E-state index contributed by atoms with van der Waals surface area (Å²) in [4.78, 5) is 23.0. The molecule has 2 amide bonds. The molecule has 1 rings (SSSR count). The number of carbonyl (C=O) groups is 2. The first-order valence-electron chi connectivity index (χ1n) is 5.41. The summed E-state index contributed by atoms with van der Waals surface area (Å²) < 4.78 is 0. The van der Waals surface area contributed by atoms with Gasteiger partial charge in [0.1, 0.15) is 0 Å². The van der Waals surface area contributed by atoms with Crippen molar-refractivity contribution in [3.8, 4) is 0 Å². The summed E-state index contributed by atoms with van der Waals surface area (Å²) in [5.41, 5.74) is 0.429. The monoisotopic (exact) mass is 254 g/mol. The van der Waals surface area contributed by atoms with Crippen molar-refractivity contribution < 1.29 is 9.59 Å². The van der Waals surface area contributed by atoms with Crippen LogP contribution in [0.5, 0.6) is 0 Å². The van der Waals surface area contributed by atoms with Crippen LogP contribution in [0.25, 0.3) is 0 Å². The highest BCUT2D eigenvalue weighted by Gasteiger charge is 2.16. The predicted octanol–water partition coefficient (Wildman–Crippen LogP) is 2.19. The fraction of sp³-hybridized carbons (Fsp3) is 0.333. The molecule has 0 saturated heterocycles. The molecule has 0 bridgehead atoms. The maximum atomic E-state index is 11.5. The Hall–Kier alpha value is -1.55. The van der Waals surface area contributed by atoms with Crippen LogP contribution in [0.1, 0.15) is 20.3 Å². The molecule has 1 aromatic rings. The summed E-state index contributed by atoms with van der Waals surface area (Å²) in [6.07, 6.45) is 0.769. The molecule has 0 aromatic heterocycles. The number of para-hydroxylation sites is 1. The summed E-state index contributed by atoms with van der Waals surface area (Å²) in [7, 11) is 0. The minimum Gasteiger partial charge on any atom is -0.345 e. The van der Waals surface area contributed by atoms with E-state index in [0.29, 0.717) is 10.7 Å². The summed E-state index contributed by atoms with van der Waals surface area (Å²) in [5.74, 6) is -1.36. The average molecular weight is 255 g/mol. The van der Waals surface area contributed by atoms with Gasteiger partial charge in [0, 0.05) is 6.04 Å². The van der Waals surface area contributed by atoms with Crippen LogP contribution in [0, 0.1) is 0 Å². The van der Waals surface area contributed by atoms with Gasteiger partial charge in [-0.1, -0.05) is 30.7 Å². The molecule has 1 aromatic carbocycles. The molecule has 2 N–H and O–H groups in total. The van der Waals surface area contributed by atoms with Crippen LogP contribution in [0.15, 0.2) is 24.3 Å². The number of halogens is 1. The van der Waals surface area contributed by atoms with Crippen molar-refractivity contribution in [3.63, 3.8) is 0 Å². The summed E-state index contributed by atoms with van der Waals surface area (Å²) in [6.45, 7) is 3.76. The van der Waals surface area contributed by atoms with Crippen LogP contribution in [0.2, 0.25) is 5.02 Å². The van der Waals surface area contributed by atoms with Crippen molar-refractivity contribution in [2.75, 3.05) is 5.32 Å². The third-order valence-electron chi connectivity index (χ3n) is 2.32. The maximum Gasteiger partial charge on any atom is 0.313 e. The van der Waals surface area contributed by atoms with Crippen LogP contribution in [-0.4, -0.2) is 17.9 Å². The van der Waals surface area contributed by atoms with Crippen molar-refractivity contribution in [2.45, 2.75) is 26.3 Å². The number of hydrogen-bond acceptors (Lipinski definition) is 2. The van der Waals surface area contributed by atoms with Gasteiger partial charge in [0.2, 0.25) is 0 Å². The molecule has 0 fully saturated rings. The van der Waals surface area contributed by atoms with Gasteiger partial charge in [-0.25, -0.2) is 0 Å². The summed E-state index contributed by atoms with van der Waals surface area (Å²) >= 11 is 5.86. The van der Waals surface area contributed by atoms with Gasteiger partial charge in [0.15, 0.2) is 0 Å². The lowest BCUT2D eigenvalue weighted by Crippen LogP contribution is -2.40. The van der Waals surface area contributed by atoms with E-state index in [0.717, 1.165) is 6.42 Å². The second kappa shape index (κ2) is 6.25. The summed E-state index contributed by atoms with van der Waals surface area (Å²) in [6, 6.07) is 6.73. The zero-order chi connectivity index (χ0) is 12.8. The van der Waals surface area contributed by atoms with E-state index in [-0.39, 0.29) is 6.04 Å². The van der Waals surface area contributed by atoms with E-state index >= 15 is 0 Å². The lowest BCUT2D eigenvalue weighted by molar-refractivity contribution is -0.136. The highest BCUT2D eigenvalue weighted by atomic mass is 35.5. The minimum absolute atomic E-state index is 0.0282. The van der Waals surface area contributed by atoms with Crippen molar-refractivity contribution in [2.24, 2.45) is 0 Å². The fourth-order valence-electron chi connectivity index (χ4n) is 1.13. The Bertz CT molecular complexity index is 421. The zero-order valence-electron chi connectivity index (χ0n) is 9.79. The molecule has 0 aliphatic carbocycles. The van der Waals surface area contributed by atoms with E-state index < -0.39 is 11.8 Å². The molecular weight excluding hydrogens is 240 g/mol. The van der Waals surface area contributed by atoms with Crippen molar-refractivity contribution >= 4 is 29.1 Å². The Morgan fingerprint density at radius 2 is 1.94 bits per heavy atom. The van der Waals surface area contributed by atoms with Gasteiger partial charge in [0.25, 0.3) is 0 Å². The smallest absolute Gasteiger partial charge is 0.313 e. The van der Waals surface area contributed by atoms with Crippen LogP contribution < -0.4 is 10.6 Å². The second-order valence-electron chi connectivity index (χ2n) is 3.72. The highest BCUT2D eigenvalue weighted by Crippen LogP contribution is 2.20. The molecule has 0 spiro atoms. The molecule has 92 valence electrons. The molecule has 0 radical (unpaired) electrons. The van der Waals surface area contributed by atoms with Gasteiger partial charge in [-0.2, -0.15) is 0 Å². The molecule has 17 heavy (non-hydrogen) atoms. The Morgan fingerprint density at radius 1 is 1.29 bits per heavy atom. The average Bonchev–Trinajstić information content (AvgIpc) is 2.31. The van der Waals surface area contributed by atoms with Crippen molar-refractivity contribution in [3.05, 3.63) is 29.3 Å². The van der Waals surface area contributed by atoms with Gasteiger partial charge in [-0.15, -0.1) is 0 Å². The van der Waals surface area contributed by atoms with Crippen LogP contribution in [-0.2, 0) is 9.59 Å². The first kappa shape index (κ1) is 13.5. The van der Waals surface area contributed by atoms with Gasteiger partial charge in [0.05, 0.1) is 10.7 Å². The first-order valence-corrected chi connectivity index (χ1v) is 5.78. The molecule has 1 unspecified atom stereocenters. The number of nitrogens with one attached hydrogen (secondary N) is 2. The molecule has 0 heterocycles. The maximum absolute atomic E-state index is 11.5. The summed E-state index contributed by atoms with van der Waals surface area (Å²) in [5, 5.41) is 5.43. The normalized spacial score (nSPS) is 11.7. The van der Waals surface area contributed by atoms with Gasteiger partial charge in [-0.05, 0) is 25.5 Å². The van der Waals surface area contributed by atoms with E-state index in [4.69, 9.17) is 11.6 Å². The van der Waals surface area contributed by atoms with Crippen LogP contribution in [0.4, 0.5) is 5.69 Å². The van der Waals surface area contributed by atoms with Crippen molar-refractivity contribution in [1.29, 1.82) is 0 Å². The third-order valence-corrected chi connectivity index (χ3v) is 2.65. The van der Waals surface area contributed by atoms with E-state index in [2.05, 4.69) is 10.6 Å². The number of anilines is 1. The number of amides is 2. The van der Waals surface area contributed by atoms with Crippen LogP contribution in [0.3, 0.4) is 0 Å².